The van der Waals surface area contributed by atoms with Crippen molar-refractivity contribution in [2.45, 2.75) is 33.0 Å². The third-order valence-corrected chi connectivity index (χ3v) is 4.81. The number of imidazole rings is 1. The Morgan fingerprint density at radius 2 is 1.84 bits per heavy atom. The lowest BCUT2D eigenvalue weighted by atomic mass is 10.2. The number of carbonyl (C=O) groups excluding carboxylic acids is 1. The third kappa shape index (κ3) is 3.77. The van der Waals surface area contributed by atoms with Crippen molar-refractivity contribution < 1.29 is 9.53 Å². The molecule has 7 heteroatoms. The van der Waals surface area contributed by atoms with Gasteiger partial charge in [-0.2, -0.15) is 0 Å². The molecule has 0 saturated carbocycles. The van der Waals surface area contributed by atoms with Gasteiger partial charge in [-0.3, -0.25) is 18.8 Å². The number of amides is 1. The van der Waals surface area contributed by atoms with Gasteiger partial charge in [0.15, 0.2) is 0 Å². The van der Waals surface area contributed by atoms with Gasteiger partial charge in [-0.25, -0.2) is 4.79 Å². The molecule has 0 aliphatic carbocycles. The zero-order chi connectivity index (χ0) is 17.8. The zero-order valence-electron chi connectivity index (χ0n) is 14.9. The van der Waals surface area contributed by atoms with E-state index in [1.807, 2.05) is 31.2 Å². The minimum Gasteiger partial charge on any atom is -0.379 e. The Hall–Kier alpha value is -2.12. The summed E-state index contributed by atoms with van der Waals surface area (Å²) in [7, 11) is 0. The van der Waals surface area contributed by atoms with Gasteiger partial charge in [0, 0.05) is 32.2 Å². The van der Waals surface area contributed by atoms with E-state index >= 15 is 0 Å². The first-order valence-corrected chi connectivity index (χ1v) is 8.88. The highest BCUT2D eigenvalue weighted by atomic mass is 16.5. The molecule has 1 N–H and O–H groups in total. The Morgan fingerprint density at radius 3 is 2.48 bits per heavy atom. The van der Waals surface area contributed by atoms with Crippen LogP contribution < -0.4 is 11.0 Å². The molecule has 1 aromatic carbocycles. The molecular formula is C18H26N4O3. The van der Waals surface area contributed by atoms with E-state index in [4.69, 9.17) is 4.74 Å². The Kier molecular flexibility index (Phi) is 5.55. The maximum Gasteiger partial charge on any atom is 0.329 e. The highest BCUT2D eigenvalue weighted by molar-refractivity contribution is 5.80. The average Bonchev–Trinajstić information content (AvgIpc) is 2.91. The Balaban J connectivity index is 1.66. The quantitative estimate of drug-likeness (QED) is 0.834. The second kappa shape index (κ2) is 7.84. The Morgan fingerprint density at radius 1 is 1.20 bits per heavy atom. The SMILES string of the molecule is CCn1c(=O)n(CC(=O)NC[C@H](C)N2CCOCC2)c2ccccc21. The molecule has 0 bridgehead atoms. The number of morpholine rings is 1. The minimum atomic E-state index is -0.139. The number of rotatable bonds is 6. The highest BCUT2D eigenvalue weighted by Gasteiger charge is 2.18. The summed E-state index contributed by atoms with van der Waals surface area (Å²) in [5, 5.41) is 2.96. The molecule has 1 atom stereocenters. The summed E-state index contributed by atoms with van der Waals surface area (Å²) in [5.74, 6) is -0.138. The van der Waals surface area contributed by atoms with Crippen LogP contribution >= 0.6 is 0 Å². The van der Waals surface area contributed by atoms with Crippen molar-refractivity contribution in [1.82, 2.24) is 19.4 Å². The molecule has 1 aliphatic rings. The normalized spacial score (nSPS) is 16.9. The van der Waals surface area contributed by atoms with Crippen molar-refractivity contribution in [2.75, 3.05) is 32.8 Å². The van der Waals surface area contributed by atoms with Gasteiger partial charge in [-0.05, 0) is 26.0 Å². The zero-order valence-corrected chi connectivity index (χ0v) is 14.9. The van der Waals surface area contributed by atoms with Crippen LogP contribution in [-0.2, 0) is 22.6 Å². The van der Waals surface area contributed by atoms with Gasteiger partial charge in [0.2, 0.25) is 5.91 Å². The number of nitrogens with zero attached hydrogens (tertiary/aromatic N) is 3. The fourth-order valence-corrected chi connectivity index (χ4v) is 3.34. The van der Waals surface area contributed by atoms with Crippen molar-refractivity contribution in [1.29, 1.82) is 0 Å². The van der Waals surface area contributed by atoms with E-state index in [0.29, 0.717) is 13.1 Å². The number of ether oxygens (including phenoxy) is 1. The first-order chi connectivity index (χ1) is 12.1. The van der Waals surface area contributed by atoms with Crippen molar-refractivity contribution in [3.05, 3.63) is 34.7 Å². The van der Waals surface area contributed by atoms with Crippen molar-refractivity contribution >= 4 is 16.9 Å². The molecular weight excluding hydrogens is 320 g/mol. The molecule has 136 valence electrons. The van der Waals surface area contributed by atoms with E-state index in [2.05, 4.69) is 17.1 Å². The summed E-state index contributed by atoms with van der Waals surface area (Å²) >= 11 is 0. The van der Waals surface area contributed by atoms with E-state index in [-0.39, 0.29) is 24.2 Å². The molecule has 0 spiro atoms. The molecule has 0 radical (unpaired) electrons. The molecule has 2 aromatic rings. The third-order valence-electron chi connectivity index (χ3n) is 4.81. The van der Waals surface area contributed by atoms with Crippen LogP contribution in [0.5, 0.6) is 0 Å². The van der Waals surface area contributed by atoms with Gasteiger partial charge in [0.05, 0.1) is 24.2 Å². The number of nitrogens with one attached hydrogen (secondary N) is 1. The lowest BCUT2D eigenvalue weighted by molar-refractivity contribution is -0.122. The van der Waals surface area contributed by atoms with Crippen LogP contribution in [0.4, 0.5) is 0 Å². The summed E-state index contributed by atoms with van der Waals surface area (Å²) in [6.45, 7) is 8.49. The minimum absolute atomic E-state index is 0.0438. The van der Waals surface area contributed by atoms with E-state index < -0.39 is 0 Å². The van der Waals surface area contributed by atoms with Crippen LogP contribution in [-0.4, -0.2) is 58.8 Å². The number of fused-ring (bicyclic) bond motifs is 1. The molecule has 1 saturated heterocycles. The number of aromatic nitrogens is 2. The number of carbonyl (C=O) groups is 1. The predicted octanol–water partition coefficient (Wildman–Crippen LogP) is 0.660. The van der Waals surface area contributed by atoms with Crippen LogP contribution in [0, 0.1) is 0 Å². The molecule has 2 heterocycles. The second-order valence-electron chi connectivity index (χ2n) is 6.40. The van der Waals surface area contributed by atoms with Crippen LogP contribution in [0.1, 0.15) is 13.8 Å². The van der Waals surface area contributed by atoms with Gasteiger partial charge in [0.25, 0.3) is 0 Å². The summed E-state index contributed by atoms with van der Waals surface area (Å²) in [6, 6.07) is 7.84. The molecule has 1 fully saturated rings. The highest BCUT2D eigenvalue weighted by Crippen LogP contribution is 2.12. The number of aryl methyl sites for hydroxylation is 1. The van der Waals surface area contributed by atoms with Crippen molar-refractivity contribution in [3.63, 3.8) is 0 Å². The molecule has 1 amide bonds. The number of para-hydroxylation sites is 2. The predicted molar refractivity (Wildman–Crippen MR) is 96.7 cm³/mol. The maximum atomic E-state index is 12.6. The van der Waals surface area contributed by atoms with Gasteiger partial charge in [-0.1, -0.05) is 12.1 Å². The fourth-order valence-electron chi connectivity index (χ4n) is 3.34. The largest absolute Gasteiger partial charge is 0.379 e. The first kappa shape index (κ1) is 17.7. The van der Waals surface area contributed by atoms with Crippen LogP contribution in [0.3, 0.4) is 0 Å². The summed E-state index contributed by atoms with van der Waals surface area (Å²) in [4.78, 5) is 27.2. The Bertz CT molecular complexity index is 789. The van der Waals surface area contributed by atoms with Crippen molar-refractivity contribution in [2.24, 2.45) is 0 Å². The molecule has 1 aromatic heterocycles. The second-order valence-corrected chi connectivity index (χ2v) is 6.40. The van der Waals surface area contributed by atoms with E-state index in [1.54, 1.807) is 9.13 Å². The number of hydrogen-bond acceptors (Lipinski definition) is 4. The lowest BCUT2D eigenvalue weighted by Gasteiger charge is -2.32. The smallest absolute Gasteiger partial charge is 0.329 e. The summed E-state index contributed by atoms with van der Waals surface area (Å²) < 4.78 is 8.59. The Labute approximate surface area is 147 Å². The van der Waals surface area contributed by atoms with Gasteiger partial charge in [0.1, 0.15) is 6.54 Å². The fraction of sp³-hybridized carbons (Fsp3) is 0.556. The molecule has 0 unspecified atom stereocenters. The van der Waals surface area contributed by atoms with Gasteiger partial charge in [-0.15, -0.1) is 0 Å². The van der Waals surface area contributed by atoms with E-state index in [1.165, 1.54) is 0 Å². The van der Waals surface area contributed by atoms with Crippen molar-refractivity contribution in [3.8, 4) is 0 Å². The molecule has 3 rings (SSSR count). The topological polar surface area (TPSA) is 68.5 Å². The van der Waals surface area contributed by atoms with E-state index in [0.717, 1.165) is 37.3 Å². The number of benzene rings is 1. The number of hydrogen-bond donors (Lipinski definition) is 1. The molecule has 1 aliphatic heterocycles. The van der Waals surface area contributed by atoms with Crippen LogP contribution in [0.2, 0.25) is 0 Å². The lowest BCUT2D eigenvalue weighted by Crippen LogP contribution is -2.47. The standard InChI is InChI=1S/C18H26N4O3/c1-3-21-15-6-4-5-7-16(15)22(18(21)24)13-17(23)19-12-14(2)20-8-10-25-11-9-20/h4-7,14H,3,8-13H2,1-2H3,(H,19,23)/t14-/m0/s1. The average molecular weight is 346 g/mol. The summed E-state index contributed by atoms with van der Waals surface area (Å²) in [5.41, 5.74) is 1.52. The van der Waals surface area contributed by atoms with Gasteiger partial charge >= 0.3 is 5.69 Å². The van der Waals surface area contributed by atoms with E-state index in [9.17, 15) is 9.59 Å². The van der Waals surface area contributed by atoms with Crippen LogP contribution in [0.25, 0.3) is 11.0 Å². The molecule has 25 heavy (non-hydrogen) atoms. The first-order valence-electron chi connectivity index (χ1n) is 8.88. The monoisotopic (exact) mass is 346 g/mol. The maximum absolute atomic E-state index is 12.6. The van der Waals surface area contributed by atoms with Crippen LogP contribution in [0.15, 0.2) is 29.1 Å². The molecule has 7 nitrogen and oxygen atoms in total. The van der Waals surface area contributed by atoms with Gasteiger partial charge < -0.3 is 10.1 Å². The summed E-state index contributed by atoms with van der Waals surface area (Å²) in [6.07, 6.45) is 0.